The summed E-state index contributed by atoms with van der Waals surface area (Å²) >= 11 is 0. The zero-order valence-corrected chi connectivity index (χ0v) is 9.26. The second-order valence-corrected chi connectivity index (χ2v) is 4.62. The van der Waals surface area contributed by atoms with Crippen molar-refractivity contribution in [3.63, 3.8) is 0 Å². The van der Waals surface area contributed by atoms with Crippen molar-refractivity contribution >= 4 is 0 Å². The minimum absolute atomic E-state index is 0.426. The van der Waals surface area contributed by atoms with E-state index >= 15 is 0 Å². The van der Waals surface area contributed by atoms with Gasteiger partial charge in [0.05, 0.1) is 6.54 Å². The summed E-state index contributed by atoms with van der Waals surface area (Å²) in [6, 6.07) is 0. The molecule has 2 N–H and O–H groups in total. The summed E-state index contributed by atoms with van der Waals surface area (Å²) in [7, 11) is 0. The van der Waals surface area contributed by atoms with E-state index < -0.39 is 0 Å². The molecule has 0 radical (unpaired) electrons. The van der Waals surface area contributed by atoms with E-state index in [0.29, 0.717) is 6.54 Å². The largest absolute Gasteiger partial charge is 0.324 e. The fraction of sp³-hybridized carbons (Fsp3) is 0.900. The molecule has 1 fully saturated rings. The number of nitrogens with zero attached hydrogens (tertiary/aromatic N) is 4. The molecule has 1 heterocycles. The molecule has 1 aromatic heterocycles. The lowest BCUT2D eigenvalue weighted by Crippen LogP contribution is -2.21. The second-order valence-electron chi connectivity index (χ2n) is 4.62. The fourth-order valence-corrected chi connectivity index (χ4v) is 2.48. The Morgan fingerprint density at radius 1 is 1.47 bits per heavy atom. The summed E-state index contributed by atoms with van der Waals surface area (Å²) < 4.78 is 1.86. The van der Waals surface area contributed by atoms with Crippen LogP contribution in [0, 0.1) is 11.8 Å². The maximum Gasteiger partial charge on any atom is 0.164 e. The lowest BCUT2D eigenvalue weighted by molar-refractivity contribution is 0.246. The van der Waals surface area contributed by atoms with Crippen LogP contribution in [0.5, 0.6) is 0 Å². The van der Waals surface area contributed by atoms with Gasteiger partial charge in [-0.3, -0.25) is 0 Å². The molecule has 1 saturated carbocycles. The van der Waals surface area contributed by atoms with Gasteiger partial charge in [-0.2, -0.15) is 0 Å². The molecular formula is C10H19N5. The first-order chi connectivity index (χ1) is 7.29. The Kier molecular flexibility index (Phi) is 3.30. The Labute approximate surface area is 90.0 Å². The highest BCUT2D eigenvalue weighted by atomic mass is 15.5. The molecule has 1 aliphatic carbocycles. The Morgan fingerprint density at radius 2 is 2.33 bits per heavy atom. The standard InChI is InChI=1S/C10H19N5/c1-8-3-2-4-9(5-8)7-15-10(6-11)12-13-14-15/h8-9H,2-7,11H2,1H3. The van der Waals surface area contributed by atoms with Crippen molar-refractivity contribution in [3.8, 4) is 0 Å². The Hall–Kier alpha value is -0.970. The van der Waals surface area contributed by atoms with Crippen LogP contribution < -0.4 is 5.73 Å². The van der Waals surface area contributed by atoms with Gasteiger partial charge in [0, 0.05) is 6.54 Å². The maximum absolute atomic E-state index is 5.56. The Balaban J connectivity index is 1.96. The van der Waals surface area contributed by atoms with E-state index in [2.05, 4.69) is 22.4 Å². The van der Waals surface area contributed by atoms with Crippen molar-refractivity contribution in [1.82, 2.24) is 20.2 Å². The van der Waals surface area contributed by atoms with Gasteiger partial charge in [-0.1, -0.05) is 19.8 Å². The number of hydrogen-bond donors (Lipinski definition) is 1. The minimum atomic E-state index is 0.426. The predicted octanol–water partition coefficient (Wildman–Crippen LogP) is 0.958. The smallest absolute Gasteiger partial charge is 0.164 e. The van der Waals surface area contributed by atoms with Crippen LogP contribution in [0.1, 0.15) is 38.4 Å². The fourth-order valence-electron chi connectivity index (χ4n) is 2.48. The first-order valence-corrected chi connectivity index (χ1v) is 5.74. The van der Waals surface area contributed by atoms with Gasteiger partial charge < -0.3 is 5.73 Å². The first kappa shape index (κ1) is 10.5. The summed E-state index contributed by atoms with van der Waals surface area (Å²) in [5, 5.41) is 11.5. The average Bonchev–Trinajstić information content (AvgIpc) is 2.65. The normalized spacial score (nSPS) is 26.8. The van der Waals surface area contributed by atoms with Crippen LogP contribution in [0.3, 0.4) is 0 Å². The van der Waals surface area contributed by atoms with Crippen LogP contribution in [0.15, 0.2) is 0 Å². The molecule has 5 heteroatoms. The lowest BCUT2D eigenvalue weighted by Gasteiger charge is -2.26. The summed E-state index contributed by atoms with van der Waals surface area (Å²) in [6.07, 6.45) is 5.31. The van der Waals surface area contributed by atoms with E-state index in [1.54, 1.807) is 0 Å². The summed E-state index contributed by atoms with van der Waals surface area (Å²) in [5.74, 6) is 2.37. The number of rotatable bonds is 3. The number of aromatic nitrogens is 4. The van der Waals surface area contributed by atoms with Crippen LogP contribution >= 0.6 is 0 Å². The highest BCUT2D eigenvalue weighted by molar-refractivity contribution is 4.80. The van der Waals surface area contributed by atoms with Gasteiger partial charge in [-0.05, 0) is 35.1 Å². The third-order valence-electron chi connectivity index (χ3n) is 3.26. The van der Waals surface area contributed by atoms with E-state index in [1.807, 2.05) is 4.68 Å². The SMILES string of the molecule is CC1CCCC(Cn2nnnc2CN)C1. The number of nitrogens with two attached hydrogens (primary N) is 1. The highest BCUT2D eigenvalue weighted by Crippen LogP contribution is 2.29. The molecule has 0 saturated heterocycles. The van der Waals surface area contributed by atoms with Gasteiger partial charge in [0.25, 0.3) is 0 Å². The topological polar surface area (TPSA) is 69.6 Å². The number of tetrazole rings is 1. The maximum atomic E-state index is 5.56. The van der Waals surface area contributed by atoms with Gasteiger partial charge in [-0.15, -0.1) is 5.10 Å². The zero-order valence-electron chi connectivity index (χ0n) is 9.26. The Bertz CT molecular complexity index is 309. The zero-order chi connectivity index (χ0) is 10.7. The van der Waals surface area contributed by atoms with Crippen molar-refractivity contribution < 1.29 is 0 Å². The molecule has 0 aliphatic heterocycles. The molecule has 2 unspecified atom stereocenters. The average molecular weight is 209 g/mol. The van der Waals surface area contributed by atoms with Crippen LogP contribution in [0.2, 0.25) is 0 Å². The van der Waals surface area contributed by atoms with Crippen molar-refractivity contribution in [2.45, 2.75) is 45.7 Å². The molecule has 5 nitrogen and oxygen atoms in total. The van der Waals surface area contributed by atoms with Crippen LogP contribution in [0.4, 0.5) is 0 Å². The second kappa shape index (κ2) is 4.70. The molecule has 2 atom stereocenters. The molecular weight excluding hydrogens is 190 g/mol. The van der Waals surface area contributed by atoms with E-state index in [4.69, 9.17) is 5.73 Å². The van der Waals surface area contributed by atoms with E-state index in [9.17, 15) is 0 Å². The molecule has 0 bridgehead atoms. The van der Waals surface area contributed by atoms with Crippen molar-refractivity contribution in [2.24, 2.45) is 17.6 Å². The van der Waals surface area contributed by atoms with E-state index in [0.717, 1.165) is 24.2 Å². The van der Waals surface area contributed by atoms with Crippen LogP contribution in [-0.4, -0.2) is 20.2 Å². The minimum Gasteiger partial charge on any atom is -0.324 e. The van der Waals surface area contributed by atoms with E-state index in [1.165, 1.54) is 25.7 Å². The molecule has 84 valence electrons. The van der Waals surface area contributed by atoms with Gasteiger partial charge in [0.2, 0.25) is 0 Å². The van der Waals surface area contributed by atoms with E-state index in [-0.39, 0.29) is 0 Å². The monoisotopic (exact) mass is 209 g/mol. The number of hydrogen-bond acceptors (Lipinski definition) is 4. The Morgan fingerprint density at radius 3 is 3.07 bits per heavy atom. The molecule has 1 aromatic rings. The summed E-state index contributed by atoms with van der Waals surface area (Å²) in [6.45, 7) is 3.69. The third-order valence-corrected chi connectivity index (χ3v) is 3.26. The van der Waals surface area contributed by atoms with Crippen LogP contribution in [-0.2, 0) is 13.1 Å². The molecule has 1 aliphatic rings. The molecule has 0 aromatic carbocycles. The highest BCUT2D eigenvalue weighted by Gasteiger charge is 2.20. The van der Waals surface area contributed by atoms with Gasteiger partial charge >= 0.3 is 0 Å². The molecule has 0 spiro atoms. The van der Waals surface area contributed by atoms with Crippen molar-refractivity contribution in [2.75, 3.05) is 0 Å². The molecule has 2 rings (SSSR count). The van der Waals surface area contributed by atoms with Crippen LogP contribution in [0.25, 0.3) is 0 Å². The third kappa shape index (κ3) is 2.53. The van der Waals surface area contributed by atoms with Gasteiger partial charge in [0.1, 0.15) is 0 Å². The summed E-state index contributed by atoms with van der Waals surface area (Å²) in [4.78, 5) is 0. The summed E-state index contributed by atoms with van der Waals surface area (Å²) in [5.41, 5.74) is 5.56. The van der Waals surface area contributed by atoms with Crippen molar-refractivity contribution in [1.29, 1.82) is 0 Å². The lowest BCUT2D eigenvalue weighted by atomic mass is 9.82. The molecule has 0 amide bonds. The van der Waals surface area contributed by atoms with Gasteiger partial charge in [-0.25, -0.2) is 4.68 Å². The van der Waals surface area contributed by atoms with Gasteiger partial charge in [0.15, 0.2) is 5.82 Å². The predicted molar refractivity (Wildman–Crippen MR) is 56.8 cm³/mol. The quantitative estimate of drug-likeness (QED) is 0.805. The van der Waals surface area contributed by atoms with Crippen molar-refractivity contribution in [3.05, 3.63) is 5.82 Å². The first-order valence-electron chi connectivity index (χ1n) is 5.74. The molecule has 15 heavy (non-hydrogen) atoms.